The van der Waals surface area contributed by atoms with Gasteiger partial charge in [-0.1, -0.05) is 47.5 Å². The highest BCUT2D eigenvalue weighted by molar-refractivity contribution is 6.31. The van der Waals surface area contributed by atoms with Gasteiger partial charge in [0.15, 0.2) is 0 Å². The molecule has 4 aliphatic rings. The molecule has 4 heterocycles. The number of rotatable bonds is 9. The molecule has 8 rings (SSSR count). The molecule has 2 aromatic heterocycles. The molecule has 2 amide bonds. The van der Waals surface area contributed by atoms with Crippen molar-refractivity contribution < 1.29 is 38.1 Å². The molecule has 2 aromatic carbocycles. The summed E-state index contributed by atoms with van der Waals surface area (Å²) in [5, 5.41) is 1.29. The predicted octanol–water partition coefficient (Wildman–Crippen LogP) is 13.2. The monoisotopic (exact) mass is 1020 g/mol. The molecule has 72 heavy (non-hydrogen) atoms. The van der Waals surface area contributed by atoms with E-state index in [1.807, 2.05) is 102 Å². The van der Waals surface area contributed by atoms with E-state index in [9.17, 15) is 19.2 Å². The van der Waals surface area contributed by atoms with Gasteiger partial charge in [0.2, 0.25) is 0 Å². The number of halogens is 2. The maximum atomic E-state index is 12.6. The molecular weight excluding hydrogens is 952 g/mol. The number of aromatic nitrogens is 2. The van der Waals surface area contributed by atoms with E-state index in [2.05, 4.69) is 36.4 Å². The van der Waals surface area contributed by atoms with E-state index in [4.69, 9.17) is 52.1 Å². The van der Waals surface area contributed by atoms with Crippen LogP contribution in [0.25, 0.3) is 23.3 Å². The van der Waals surface area contributed by atoms with Gasteiger partial charge in [-0.05, 0) is 198 Å². The van der Waals surface area contributed by atoms with Gasteiger partial charge in [-0.25, -0.2) is 14.4 Å². The highest BCUT2D eigenvalue weighted by Gasteiger charge is 2.38. The Labute approximate surface area is 434 Å². The molecule has 2 aliphatic heterocycles. The number of amides is 2. The Morgan fingerprint density at radius 3 is 1.61 bits per heavy atom. The molecule has 0 saturated carbocycles. The lowest BCUT2D eigenvalue weighted by Crippen LogP contribution is -2.42. The van der Waals surface area contributed by atoms with Crippen molar-refractivity contribution in [2.75, 3.05) is 39.4 Å². The molecular formula is C58H68Cl2N4O8. The van der Waals surface area contributed by atoms with Gasteiger partial charge in [-0.3, -0.25) is 14.8 Å². The fraction of sp³-hybridized carbons (Fsp3) is 0.448. The van der Waals surface area contributed by atoms with Gasteiger partial charge in [0, 0.05) is 73.0 Å². The van der Waals surface area contributed by atoms with Gasteiger partial charge in [-0.2, -0.15) is 0 Å². The molecule has 382 valence electrons. The van der Waals surface area contributed by atoms with Gasteiger partial charge in [0.1, 0.15) is 11.2 Å². The molecule has 4 aromatic rings. The Kier molecular flexibility index (Phi) is 17.7. The van der Waals surface area contributed by atoms with Gasteiger partial charge in [0.25, 0.3) is 0 Å². The molecule has 2 aliphatic carbocycles. The fourth-order valence-corrected chi connectivity index (χ4v) is 10.5. The number of likely N-dealkylation sites (tertiary alicyclic amines) is 2. The van der Waals surface area contributed by atoms with Crippen LogP contribution in [0.15, 0.2) is 85.2 Å². The Bertz CT molecular complexity index is 2700. The first kappa shape index (κ1) is 53.8. The van der Waals surface area contributed by atoms with Crippen molar-refractivity contribution in [3.05, 3.63) is 140 Å². The summed E-state index contributed by atoms with van der Waals surface area (Å²) in [6.45, 7) is 18.2. The molecule has 2 atom stereocenters. The molecule has 0 spiro atoms. The number of nitrogens with zero attached hydrogens (tertiary/aromatic N) is 4. The van der Waals surface area contributed by atoms with Crippen LogP contribution in [0.1, 0.15) is 151 Å². The summed E-state index contributed by atoms with van der Waals surface area (Å²) in [6.07, 6.45) is 14.8. The highest BCUT2D eigenvalue weighted by Crippen LogP contribution is 2.47. The van der Waals surface area contributed by atoms with E-state index >= 15 is 0 Å². The fourth-order valence-electron chi connectivity index (χ4n) is 10.2. The minimum Gasteiger partial charge on any atom is -0.466 e. The van der Waals surface area contributed by atoms with Crippen molar-refractivity contribution in [1.82, 2.24) is 19.8 Å². The maximum absolute atomic E-state index is 12.6. The average Bonchev–Trinajstić information content (AvgIpc) is 3.56. The van der Waals surface area contributed by atoms with Crippen LogP contribution in [0, 0.1) is 11.8 Å². The summed E-state index contributed by atoms with van der Waals surface area (Å²) in [5.74, 6) is 0.0751. The van der Waals surface area contributed by atoms with Crippen LogP contribution in [0.2, 0.25) is 10.0 Å². The lowest BCUT2D eigenvalue weighted by molar-refractivity contribution is -0.143. The zero-order valence-corrected chi connectivity index (χ0v) is 44.4. The molecule has 12 nitrogen and oxygen atoms in total. The second kappa shape index (κ2) is 23.7. The van der Waals surface area contributed by atoms with E-state index in [0.717, 1.165) is 76.0 Å². The third-order valence-corrected chi connectivity index (χ3v) is 13.7. The predicted molar refractivity (Wildman–Crippen MR) is 284 cm³/mol. The molecule has 0 N–H and O–H groups in total. The van der Waals surface area contributed by atoms with Gasteiger partial charge in [-0.15, -0.1) is 0 Å². The van der Waals surface area contributed by atoms with Crippen LogP contribution in [-0.2, 0) is 28.5 Å². The first-order chi connectivity index (χ1) is 34.3. The number of carbonyl (C=O) groups is 4. The Balaban J connectivity index is 0.000000211. The summed E-state index contributed by atoms with van der Waals surface area (Å²) in [4.78, 5) is 62.7. The lowest BCUT2D eigenvalue weighted by atomic mass is 9.76. The van der Waals surface area contributed by atoms with Crippen molar-refractivity contribution in [3.8, 4) is 0 Å². The summed E-state index contributed by atoms with van der Waals surface area (Å²) in [6, 6.07) is 20.0. The Morgan fingerprint density at radius 2 is 1.12 bits per heavy atom. The van der Waals surface area contributed by atoms with E-state index < -0.39 is 11.2 Å². The number of carbonyl (C=O) groups excluding carboxylic acids is 4. The van der Waals surface area contributed by atoms with Gasteiger partial charge < -0.3 is 28.7 Å². The van der Waals surface area contributed by atoms with Crippen molar-refractivity contribution in [2.24, 2.45) is 11.8 Å². The quantitative estimate of drug-likeness (QED) is 0.0905. The molecule has 2 unspecified atom stereocenters. The molecule has 2 saturated heterocycles. The molecule has 14 heteroatoms. The number of piperidine rings is 2. The Hall–Kier alpha value is -5.98. The summed E-state index contributed by atoms with van der Waals surface area (Å²) < 4.78 is 21.4. The maximum Gasteiger partial charge on any atom is 0.410 e. The van der Waals surface area contributed by atoms with Crippen LogP contribution >= 0.6 is 23.2 Å². The Morgan fingerprint density at radius 1 is 0.653 bits per heavy atom. The van der Waals surface area contributed by atoms with Crippen molar-refractivity contribution in [2.45, 2.75) is 117 Å². The van der Waals surface area contributed by atoms with Crippen LogP contribution < -0.4 is 0 Å². The van der Waals surface area contributed by atoms with Gasteiger partial charge >= 0.3 is 24.1 Å². The largest absolute Gasteiger partial charge is 0.466 e. The number of fused-ring (bicyclic) bond motifs is 4. The number of benzene rings is 2. The van der Waals surface area contributed by atoms with E-state index in [0.29, 0.717) is 68.2 Å². The smallest absolute Gasteiger partial charge is 0.410 e. The lowest BCUT2D eigenvalue weighted by Gasteiger charge is -2.37. The third kappa shape index (κ3) is 13.7. The number of hydrogen-bond donors (Lipinski definition) is 0. The average molecular weight is 1020 g/mol. The van der Waals surface area contributed by atoms with Crippen LogP contribution in [-0.4, -0.2) is 94.5 Å². The normalized spacial score (nSPS) is 18.1. The van der Waals surface area contributed by atoms with Crippen molar-refractivity contribution in [1.29, 1.82) is 0 Å². The number of hydrogen-bond acceptors (Lipinski definition) is 10. The topological polar surface area (TPSA) is 137 Å². The highest BCUT2D eigenvalue weighted by atomic mass is 35.5. The van der Waals surface area contributed by atoms with Crippen LogP contribution in [0.3, 0.4) is 0 Å². The number of allylic oxidation sites excluding steroid dienone is 3. The number of ether oxygens (including phenoxy) is 4. The first-order valence-corrected chi connectivity index (χ1v) is 26.0. The first-order valence-electron chi connectivity index (χ1n) is 25.2. The zero-order chi connectivity index (χ0) is 51.7. The molecule has 2 fully saturated rings. The summed E-state index contributed by atoms with van der Waals surface area (Å²) >= 11 is 12.9. The van der Waals surface area contributed by atoms with Crippen molar-refractivity contribution >= 4 is 70.6 Å². The van der Waals surface area contributed by atoms with E-state index in [-0.39, 0.29) is 41.9 Å². The SMILES string of the molecule is CCOC(=O)/C=C/C1=Cc2cccnc2C(C2CCN(C(=O)OC(C)(C)C)CC2)c2ccc(Cl)cc21.CCOC(=O)CCC1=Cc2cccnc2C(C2CCN(C(=O)OC(C)(C)C)CC2)c2ccc(Cl)cc21. The minimum absolute atomic E-state index is 0.0268. The number of esters is 2. The number of pyridine rings is 2. The standard InChI is InChI=1S/C29H35ClN2O4.C29H33ClN2O4/c2*1-5-35-25(33)11-8-20-17-21-7-6-14-31-27(21)26(23-10-9-22(30)18-24(20)23)19-12-15-32(16-13-19)28(34)36-29(2,3)4/h6-7,9-10,14,17-19,26H,5,8,11-13,15-16H2,1-4H3;6-11,14,17-19,26H,5,12-13,15-16H2,1-4H3/b;11-8+. The van der Waals surface area contributed by atoms with Crippen LogP contribution in [0.5, 0.6) is 0 Å². The van der Waals surface area contributed by atoms with Crippen molar-refractivity contribution in [3.63, 3.8) is 0 Å². The summed E-state index contributed by atoms with van der Waals surface area (Å²) in [5.41, 5.74) is 9.32. The zero-order valence-electron chi connectivity index (χ0n) is 42.8. The summed E-state index contributed by atoms with van der Waals surface area (Å²) in [7, 11) is 0. The van der Waals surface area contributed by atoms with E-state index in [1.54, 1.807) is 17.9 Å². The van der Waals surface area contributed by atoms with Crippen LogP contribution in [0.4, 0.5) is 9.59 Å². The third-order valence-electron chi connectivity index (χ3n) is 13.2. The second-order valence-electron chi connectivity index (χ2n) is 20.6. The van der Waals surface area contributed by atoms with Gasteiger partial charge in [0.05, 0.1) is 24.6 Å². The minimum atomic E-state index is -0.518. The molecule has 0 radical (unpaired) electrons. The van der Waals surface area contributed by atoms with E-state index in [1.165, 1.54) is 11.6 Å². The molecule has 0 bridgehead atoms. The second-order valence-corrected chi connectivity index (χ2v) is 21.5.